The van der Waals surface area contributed by atoms with Crippen molar-refractivity contribution in [2.45, 2.75) is 10.9 Å². The molecule has 1 aliphatic rings. The fraction of sp³-hybridized carbons (Fsp3) is 0.312. The second-order valence-electron chi connectivity index (χ2n) is 5.63. The van der Waals surface area contributed by atoms with Crippen LogP contribution in [0.15, 0.2) is 40.6 Å². The zero-order chi connectivity index (χ0) is 18.0. The lowest BCUT2D eigenvalue weighted by Gasteiger charge is -2.36. The van der Waals surface area contributed by atoms with Gasteiger partial charge in [-0.15, -0.1) is 23.7 Å². The summed E-state index contributed by atoms with van der Waals surface area (Å²) >= 11 is 7.22. The Morgan fingerprint density at radius 1 is 1.38 bits per heavy atom. The average molecular weight is 436 g/mol. The summed E-state index contributed by atoms with van der Waals surface area (Å²) < 4.78 is 26.0. The normalized spacial score (nSPS) is 17.6. The lowest BCUT2D eigenvalue weighted by atomic mass is 10.0. The van der Waals surface area contributed by atoms with Crippen molar-refractivity contribution in [2.24, 2.45) is 0 Å². The molecule has 2 aromatic rings. The number of nitrogens with zero attached hydrogens (tertiary/aromatic N) is 1. The number of halogens is 2. The molecule has 0 radical (unpaired) electrons. The van der Waals surface area contributed by atoms with Crippen molar-refractivity contribution < 1.29 is 13.2 Å². The lowest BCUT2D eigenvalue weighted by molar-refractivity contribution is 0.0639. The molecule has 1 aromatic heterocycles. The van der Waals surface area contributed by atoms with Gasteiger partial charge in [-0.3, -0.25) is 4.79 Å². The minimum atomic E-state index is -3.55. The highest BCUT2D eigenvalue weighted by molar-refractivity contribution is 7.89. The molecule has 6 nitrogen and oxygen atoms in total. The predicted molar refractivity (Wildman–Crippen MR) is 106 cm³/mol. The molecule has 2 heterocycles. The van der Waals surface area contributed by atoms with E-state index in [0.29, 0.717) is 29.5 Å². The van der Waals surface area contributed by atoms with E-state index in [4.69, 9.17) is 11.6 Å². The van der Waals surface area contributed by atoms with Crippen molar-refractivity contribution >= 4 is 51.3 Å². The predicted octanol–water partition coefficient (Wildman–Crippen LogP) is 2.52. The second-order valence-corrected chi connectivity index (χ2v) is 8.86. The van der Waals surface area contributed by atoms with Crippen LogP contribution in [-0.4, -0.2) is 45.9 Å². The SMILES string of the molecule is CNS(=O)(=O)c1csc(C(=O)N2CCNCC2c2cccc(Cl)c2)c1.Cl. The van der Waals surface area contributed by atoms with Gasteiger partial charge in [0.15, 0.2) is 0 Å². The van der Waals surface area contributed by atoms with E-state index in [1.54, 1.807) is 11.0 Å². The Bertz CT molecular complexity index is 886. The summed E-state index contributed by atoms with van der Waals surface area (Å²) in [6.07, 6.45) is 0. The molecule has 10 heteroatoms. The molecule has 26 heavy (non-hydrogen) atoms. The topological polar surface area (TPSA) is 78.5 Å². The number of carbonyl (C=O) groups is 1. The quantitative estimate of drug-likeness (QED) is 0.772. The first-order valence-electron chi connectivity index (χ1n) is 7.71. The van der Waals surface area contributed by atoms with Gasteiger partial charge >= 0.3 is 0 Å². The molecule has 142 valence electrons. The highest BCUT2D eigenvalue weighted by Crippen LogP contribution is 2.28. The molecule has 0 bridgehead atoms. The van der Waals surface area contributed by atoms with E-state index < -0.39 is 10.0 Å². The van der Waals surface area contributed by atoms with E-state index in [9.17, 15) is 13.2 Å². The molecule has 1 aromatic carbocycles. The van der Waals surface area contributed by atoms with Crippen molar-refractivity contribution in [1.29, 1.82) is 0 Å². The van der Waals surface area contributed by atoms with Crippen LogP contribution < -0.4 is 10.0 Å². The van der Waals surface area contributed by atoms with Gasteiger partial charge in [-0.25, -0.2) is 13.1 Å². The number of benzene rings is 1. The fourth-order valence-electron chi connectivity index (χ4n) is 2.79. The maximum Gasteiger partial charge on any atom is 0.264 e. The van der Waals surface area contributed by atoms with Crippen LogP contribution in [0.2, 0.25) is 5.02 Å². The molecule has 1 saturated heterocycles. The Morgan fingerprint density at radius 3 is 2.85 bits per heavy atom. The summed E-state index contributed by atoms with van der Waals surface area (Å²) in [5, 5.41) is 5.39. The molecular weight excluding hydrogens is 417 g/mol. The number of piperazine rings is 1. The number of sulfonamides is 1. The molecule has 0 saturated carbocycles. The van der Waals surface area contributed by atoms with Gasteiger partial charge in [-0.2, -0.15) is 0 Å². The first-order valence-corrected chi connectivity index (χ1v) is 10.5. The number of amides is 1. The van der Waals surface area contributed by atoms with Gasteiger partial charge in [0, 0.05) is 30.0 Å². The van der Waals surface area contributed by atoms with Crippen LogP contribution in [0.3, 0.4) is 0 Å². The third-order valence-corrected chi connectivity index (χ3v) is 6.80. The van der Waals surface area contributed by atoms with Crippen LogP contribution in [0.5, 0.6) is 0 Å². The molecule has 2 N–H and O–H groups in total. The van der Waals surface area contributed by atoms with Gasteiger partial charge in [0.05, 0.1) is 15.8 Å². The number of hydrogen-bond acceptors (Lipinski definition) is 5. The van der Waals surface area contributed by atoms with Gasteiger partial charge in [-0.1, -0.05) is 23.7 Å². The smallest absolute Gasteiger partial charge is 0.264 e. The Labute approximate surface area is 168 Å². The third-order valence-electron chi connectivity index (χ3n) is 4.10. The number of thiophene rings is 1. The molecule has 1 unspecified atom stereocenters. The summed E-state index contributed by atoms with van der Waals surface area (Å²) in [6.45, 7) is 1.86. The summed E-state index contributed by atoms with van der Waals surface area (Å²) in [7, 11) is -2.21. The molecule has 0 aliphatic carbocycles. The van der Waals surface area contributed by atoms with E-state index in [2.05, 4.69) is 10.0 Å². The lowest BCUT2D eigenvalue weighted by Crippen LogP contribution is -2.48. The standard InChI is InChI=1S/C16H18ClN3O3S2.ClH/c1-18-25(22,23)13-8-15(24-10-13)16(21)20-6-5-19-9-14(20)11-3-2-4-12(17)7-11;/h2-4,7-8,10,14,18-19H,5-6,9H2,1H3;1H. The van der Waals surface area contributed by atoms with E-state index in [-0.39, 0.29) is 29.3 Å². The van der Waals surface area contributed by atoms with E-state index in [0.717, 1.165) is 16.9 Å². The number of hydrogen-bond donors (Lipinski definition) is 2. The molecular formula is C16H19Cl2N3O3S2. The van der Waals surface area contributed by atoms with Crippen molar-refractivity contribution in [1.82, 2.24) is 14.9 Å². The van der Waals surface area contributed by atoms with Crippen LogP contribution in [0.25, 0.3) is 0 Å². The van der Waals surface area contributed by atoms with Crippen molar-refractivity contribution in [3.05, 3.63) is 51.2 Å². The minimum absolute atomic E-state index is 0. The summed E-state index contributed by atoms with van der Waals surface area (Å²) in [5.41, 5.74) is 0.952. The van der Waals surface area contributed by atoms with Crippen LogP contribution >= 0.6 is 35.3 Å². The molecule has 1 amide bonds. The van der Waals surface area contributed by atoms with Gasteiger partial charge < -0.3 is 10.2 Å². The van der Waals surface area contributed by atoms with E-state index in [1.807, 2.05) is 18.2 Å². The molecule has 1 fully saturated rings. The number of rotatable bonds is 4. The Kier molecular flexibility index (Phi) is 7.06. The largest absolute Gasteiger partial charge is 0.328 e. The highest BCUT2D eigenvalue weighted by Gasteiger charge is 2.30. The maximum atomic E-state index is 13.0. The van der Waals surface area contributed by atoms with E-state index in [1.165, 1.54) is 18.5 Å². The van der Waals surface area contributed by atoms with Crippen molar-refractivity contribution in [3.8, 4) is 0 Å². The summed E-state index contributed by atoms with van der Waals surface area (Å²) in [6, 6.07) is 8.72. The summed E-state index contributed by atoms with van der Waals surface area (Å²) in [4.78, 5) is 15.2. The van der Waals surface area contributed by atoms with Gasteiger partial charge in [0.25, 0.3) is 5.91 Å². The zero-order valence-electron chi connectivity index (χ0n) is 13.9. The second kappa shape index (κ2) is 8.69. The van der Waals surface area contributed by atoms with Gasteiger partial charge in [0.2, 0.25) is 10.0 Å². The van der Waals surface area contributed by atoms with Crippen LogP contribution in [0, 0.1) is 0 Å². The first kappa shape index (κ1) is 21.1. The summed E-state index contributed by atoms with van der Waals surface area (Å²) in [5.74, 6) is -0.172. The van der Waals surface area contributed by atoms with Gasteiger partial charge in [0.1, 0.15) is 0 Å². The third kappa shape index (κ3) is 4.39. The molecule has 3 rings (SSSR count). The van der Waals surface area contributed by atoms with Gasteiger partial charge in [-0.05, 0) is 30.8 Å². The minimum Gasteiger partial charge on any atom is -0.328 e. The maximum absolute atomic E-state index is 13.0. The Hall–Kier alpha value is -1.16. The number of nitrogens with one attached hydrogen (secondary N) is 2. The first-order chi connectivity index (χ1) is 11.9. The van der Waals surface area contributed by atoms with Crippen molar-refractivity contribution in [3.63, 3.8) is 0 Å². The zero-order valence-corrected chi connectivity index (χ0v) is 17.1. The van der Waals surface area contributed by atoms with E-state index >= 15 is 0 Å². The van der Waals surface area contributed by atoms with Crippen LogP contribution in [-0.2, 0) is 10.0 Å². The molecule has 0 spiro atoms. The molecule has 1 atom stereocenters. The Morgan fingerprint density at radius 2 is 2.15 bits per heavy atom. The fourth-order valence-corrected chi connectivity index (χ4v) is 4.95. The molecule has 1 aliphatic heterocycles. The number of carbonyl (C=O) groups excluding carboxylic acids is 1. The monoisotopic (exact) mass is 435 g/mol. The highest BCUT2D eigenvalue weighted by atomic mass is 35.5. The average Bonchev–Trinajstić information content (AvgIpc) is 3.12. The van der Waals surface area contributed by atoms with Crippen LogP contribution in [0.1, 0.15) is 21.3 Å². The van der Waals surface area contributed by atoms with Crippen LogP contribution in [0.4, 0.5) is 0 Å². The van der Waals surface area contributed by atoms with Crippen molar-refractivity contribution in [2.75, 3.05) is 26.7 Å². The Balaban J connectivity index is 0.00000243.